The molecule has 0 aliphatic carbocycles. The number of halogens is 1. The maximum absolute atomic E-state index is 11.6. The molecule has 4 N–H and O–H groups in total. The van der Waals surface area contributed by atoms with E-state index in [-0.39, 0.29) is 24.8 Å². The van der Waals surface area contributed by atoms with Gasteiger partial charge >= 0.3 is 6.09 Å². The zero-order chi connectivity index (χ0) is 15.1. The van der Waals surface area contributed by atoms with Crippen LogP contribution in [0.15, 0.2) is 54.6 Å². The summed E-state index contributed by atoms with van der Waals surface area (Å²) < 4.78 is 5.05. The summed E-state index contributed by atoms with van der Waals surface area (Å²) >= 11 is 0. The van der Waals surface area contributed by atoms with Gasteiger partial charge < -0.3 is 10.5 Å². The number of rotatable bonds is 4. The summed E-state index contributed by atoms with van der Waals surface area (Å²) in [5.41, 5.74) is 7.97. The minimum absolute atomic E-state index is 0. The summed E-state index contributed by atoms with van der Waals surface area (Å²) in [6, 6.07) is 16.5. The van der Waals surface area contributed by atoms with Gasteiger partial charge in [-0.1, -0.05) is 54.6 Å². The Labute approximate surface area is 135 Å². The Morgan fingerprint density at radius 3 is 2.27 bits per heavy atom. The molecule has 0 bridgehead atoms. The third-order valence-electron chi connectivity index (χ3n) is 2.92. The van der Waals surface area contributed by atoms with E-state index in [1.54, 1.807) is 12.1 Å². The van der Waals surface area contributed by atoms with E-state index in [2.05, 4.69) is 5.32 Å². The van der Waals surface area contributed by atoms with E-state index in [1.807, 2.05) is 42.5 Å². The smallest absolute Gasteiger partial charge is 0.413 e. The highest BCUT2D eigenvalue weighted by Gasteiger charge is 2.08. The van der Waals surface area contributed by atoms with Crippen molar-refractivity contribution < 1.29 is 9.53 Å². The van der Waals surface area contributed by atoms with Crippen molar-refractivity contribution in [2.45, 2.75) is 13.2 Å². The molecular weight excluding hydrogens is 302 g/mol. The van der Waals surface area contributed by atoms with Crippen LogP contribution in [0.1, 0.15) is 16.7 Å². The summed E-state index contributed by atoms with van der Waals surface area (Å²) in [5, 5.41) is 10.2. The van der Waals surface area contributed by atoms with Crippen molar-refractivity contribution in [2.24, 2.45) is 5.73 Å². The molecule has 2 rings (SSSR count). The number of ether oxygens (including phenoxy) is 1. The molecule has 0 fully saturated rings. The molecule has 0 saturated heterocycles. The van der Waals surface area contributed by atoms with Gasteiger partial charge in [-0.15, -0.1) is 12.4 Å². The van der Waals surface area contributed by atoms with Gasteiger partial charge in [-0.25, -0.2) is 4.79 Å². The van der Waals surface area contributed by atoms with Gasteiger partial charge in [0, 0.05) is 12.1 Å². The quantitative estimate of drug-likeness (QED) is 0.598. The Hall–Kier alpha value is -2.37. The van der Waals surface area contributed by atoms with E-state index in [0.29, 0.717) is 12.1 Å². The first-order chi connectivity index (χ1) is 10.2. The molecule has 6 heteroatoms. The molecule has 0 atom stereocenters. The lowest BCUT2D eigenvalue weighted by Crippen LogP contribution is -2.31. The largest absolute Gasteiger partial charge is 0.444 e. The molecule has 2 aromatic carbocycles. The van der Waals surface area contributed by atoms with Crippen molar-refractivity contribution in [3.05, 3.63) is 71.3 Å². The standard InChI is InChI=1S/C16H17N3O2.ClH/c17-10-12-6-8-14(9-7-12)15(18)19-16(20)21-11-13-4-2-1-3-5-13;/h1-9H,10-11,17H2,(H2,18,19,20);1H. The van der Waals surface area contributed by atoms with Crippen LogP contribution >= 0.6 is 12.4 Å². The number of alkyl carbamates (subject to hydrolysis) is 1. The molecule has 5 nitrogen and oxygen atoms in total. The molecule has 0 aliphatic heterocycles. The van der Waals surface area contributed by atoms with Crippen LogP contribution in [0.3, 0.4) is 0 Å². The molecule has 0 unspecified atom stereocenters. The molecule has 22 heavy (non-hydrogen) atoms. The number of nitrogens with two attached hydrogens (primary N) is 1. The van der Waals surface area contributed by atoms with Gasteiger partial charge in [0.2, 0.25) is 0 Å². The lowest BCUT2D eigenvalue weighted by Gasteiger charge is -2.08. The summed E-state index contributed by atoms with van der Waals surface area (Å²) in [6.45, 7) is 0.617. The Bertz CT molecular complexity index is 615. The van der Waals surface area contributed by atoms with Crippen LogP contribution in [0.2, 0.25) is 0 Å². The van der Waals surface area contributed by atoms with Crippen molar-refractivity contribution in [1.29, 1.82) is 5.41 Å². The number of hydrogen-bond acceptors (Lipinski definition) is 4. The van der Waals surface area contributed by atoms with Crippen LogP contribution < -0.4 is 11.1 Å². The van der Waals surface area contributed by atoms with Gasteiger partial charge in [0.25, 0.3) is 0 Å². The normalized spacial score (nSPS) is 9.50. The lowest BCUT2D eigenvalue weighted by molar-refractivity contribution is 0.145. The third kappa shape index (κ3) is 5.20. The number of nitrogens with one attached hydrogen (secondary N) is 2. The van der Waals surface area contributed by atoms with Crippen molar-refractivity contribution in [2.75, 3.05) is 0 Å². The first-order valence-corrected chi connectivity index (χ1v) is 6.54. The molecule has 0 spiro atoms. The maximum Gasteiger partial charge on any atom is 0.413 e. The second-order valence-corrected chi connectivity index (χ2v) is 4.46. The highest BCUT2D eigenvalue weighted by atomic mass is 35.5. The SMILES string of the molecule is Cl.N=C(NC(=O)OCc1ccccc1)c1ccc(CN)cc1. The van der Waals surface area contributed by atoms with E-state index in [4.69, 9.17) is 15.9 Å². The predicted molar refractivity (Wildman–Crippen MR) is 88.2 cm³/mol. The van der Waals surface area contributed by atoms with Crippen molar-refractivity contribution >= 4 is 24.3 Å². The van der Waals surface area contributed by atoms with E-state index >= 15 is 0 Å². The van der Waals surface area contributed by atoms with Crippen molar-refractivity contribution in [1.82, 2.24) is 5.32 Å². The lowest BCUT2D eigenvalue weighted by atomic mass is 10.1. The first kappa shape index (κ1) is 17.7. The Morgan fingerprint density at radius 1 is 1.05 bits per heavy atom. The third-order valence-corrected chi connectivity index (χ3v) is 2.92. The van der Waals surface area contributed by atoms with E-state index in [0.717, 1.165) is 11.1 Å². The number of carbonyl (C=O) groups is 1. The minimum atomic E-state index is -0.647. The maximum atomic E-state index is 11.6. The predicted octanol–water partition coefficient (Wildman–Crippen LogP) is 2.82. The number of amidine groups is 1. The van der Waals surface area contributed by atoms with Crippen LogP contribution in [-0.4, -0.2) is 11.9 Å². The number of amides is 1. The monoisotopic (exact) mass is 319 g/mol. The zero-order valence-corrected chi connectivity index (χ0v) is 12.7. The van der Waals surface area contributed by atoms with Crippen molar-refractivity contribution in [3.63, 3.8) is 0 Å². The van der Waals surface area contributed by atoms with Gasteiger partial charge in [0.05, 0.1) is 0 Å². The molecule has 0 aliphatic rings. The number of hydrogen-bond donors (Lipinski definition) is 3. The molecular formula is C16H18ClN3O2. The first-order valence-electron chi connectivity index (χ1n) is 6.54. The second-order valence-electron chi connectivity index (χ2n) is 4.46. The van der Waals surface area contributed by atoms with Crippen LogP contribution in [0, 0.1) is 5.41 Å². The van der Waals surface area contributed by atoms with Gasteiger partial charge in [-0.2, -0.15) is 0 Å². The zero-order valence-electron chi connectivity index (χ0n) is 11.9. The van der Waals surface area contributed by atoms with Gasteiger partial charge in [0.15, 0.2) is 0 Å². The van der Waals surface area contributed by atoms with Gasteiger partial charge in [0.1, 0.15) is 12.4 Å². The summed E-state index contributed by atoms with van der Waals surface area (Å²) in [4.78, 5) is 11.6. The molecule has 0 aromatic heterocycles. The van der Waals surface area contributed by atoms with Crippen LogP contribution in [-0.2, 0) is 17.9 Å². The molecule has 2 aromatic rings. The fraction of sp³-hybridized carbons (Fsp3) is 0.125. The average molecular weight is 320 g/mol. The van der Waals surface area contributed by atoms with Crippen LogP contribution in [0.4, 0.5) is 4.79 Å². The average Bonchev–Trinajstić information content (AvgIpc) is 2.54. The molecule has 0 radical (unpaired) electrons. The van der Waals surface area contributed by atoms with Gasteiger partial charge in [-0.05, 0) is 11.1 Å². The van der Waals surface area contributed by atoms with Crippen molar-refractivity contribution in [3.8, 4) is 0 Å². The van der Waals surface area contributed by atoms with E-state index in [1.165, 1.54) is 0 Å². The summed E-state index contributed by atoms with van der Waals surface area (Å²) in [5.74, 6) is -0.00312. The highest BCUT2D eigenvalue weighted by molar-refractivity contribution is 6.04. The fourth-order valence-electron chi connectivity index (χ4n) is 1.74. The summed E-state index contributed by atoms with van der Waals surface area (Å²) in [7, 11) is 0. The fourth-order valence-corrected chi connectivity index (χ4v) is 1.74. The summed E-state index contributed by atoms with van der Waals surface area (Å²) in [6.07, 6.45) is -0.647. The Balaban J connectivity index is 0.00000242. The minimum Gasteiger partial charge on any atom is -0.444 e. The topological polar surface area (TPSA) is 88.2 Å². The van der Waals surface area contributed by atoms with Crippen LogP contribution in [0.25, 0.3) is 0 Å². The van der Waals surface area contributed by atoms with E-state index in [9.17, 15) is 4.79 Å². The molecule has 0 heterocycles. The second kappa shape index (κ2) is 8.81. The molecule has 116 valence electrons. The molecule has 1 amide bonds. The van der Waals surface area contributed by atoms with Gasteiger partial charge in [-0.3, -0.25) is 10.7 Å². The Morgan fingerprint density at radius 2 is 1.68 bits per heavy atom. The highest BCUT2D eigenvalue weighted by Crippen LogP contribution is 2.04. The number of carbonyl (C=O) groups excluding carboxylic acids is 1. The number of benzene rings is 2. The van der Waals surface area contributed by atoms with Crippen LogP contribution in [0.5, 0.6) is 0 Å². The Kier molecular flexibility index (Phi) is 7.08. The van der Waals surface area contributed by atoms with E-state index < -0.39 is 6.09 Å². The molecule has 0 saturated carbocycles.